The van der Waals surface area contributed by atoms with Crippen LogP contribution in [-0.4, -0.2) is 72.4 Å². The lowest BCUT2D eigenvalue weighted by molar-refractivity contribution is -0.125. The van der Waals surface area contributed by atoms with Crippen molar-refractivity contribution in [2.45, 2.75) is 26.2 Å². The number of aliphatic hydroxyl groups excluding tert-OH is 1. The van der Waals surface area contributed by atoms with Crippen molar-refractivity contribution in [3.05, 3.63) is 23.4 Å². The molecule has 23 heavy (non-hydrogen) atoms. The van der Waals surface area contributed by atoms with E-state index in [0.29, 0.717) is 26.2 Å². The van der Waals surface area contributed by atoms with Gasteiger partial charge in [0.2, 0.25) is 0 Å². The summed E-state index contributed by atoms with van der Waals surface area (Å²) in [5, 5.41) is 20.6. The number of piperazine rings is 1. The second kappa shape index (κ2) is 8.26. The van der Waals surface area contributed by atoms with Crippen molar-refractivity contribution in [2.75, 3.05) is 45.9 Å². The SMILES string of the molecule is C=C(C)CNC1=C(C(=N)C(=O)N2CCN(CCO)CC2)CCC1. The highest BCUT2D eigenvalue weighted by Gasteiger charge is 2.28. The second-order valence-corrected chi connectivity index (χ2v) is 6.35. The Labute approximate surface area is 138 Å². The van der Waals surface area contributed by atoms with Crippen LogP contribution in [0.4, 0.5) is 0 Å². The third-order valence-corrected chi connectivity index (χ3v) is 4.41. The molecule has 0 atom stereocenters. The Morgan fingerprint density at radius 1 is 1.30 bits per heavy atom. The van der Waals surface area contributed by atoms with Gasteiger partial charge in [-0.25, -0.2) is 0 Å². The van der Waals surface area contributed by atoms with E-state index < -0.39 is 0 Å². The molecule has 128 valence electrons. The molecule has 0 aromatic carbocycles. The summed E-state index contributed by atoms with van der Waals surface area (Å²) in [4.78, 5) is 16.5. The highest BCUT2D eigenvalue weighted by molar-refractivity contribution is 6.44. The molecule has 1 fully saturated rings. The zero-order valence-corrected chi connectivity index (χ0v) is 14.0. The van der Waals surface area contributed by atoms with Gasteiger partial charge in [-0.1, -0.05) is 12.2 Å². The van der Waals surface area contributed by atoms with Crippen LogP contribution in [0.5, 0.6) is 0 Å². The molecule has 0 unspecified atom stereocenters. The monoisotopic (exact) mass is 320 g/mol. The molecule has 1 saturated heterocycles. The first kappa shape index (κ1) is 17.7. The van der Waals surface area contributed by atoms with Crippen molar-refractivity contribution in [1.82, 2.24) is 15.1 Å². The Kier molecular flexibility index (Phi) is 6.36. The summed E-state index contributed by atoms with van der Waals surface area (Å²) in [5.41, 5.74) is 3.09. The Bertz CT molecular complexity index is 505. The third kappa shape index (κ3) is 4.65. The summed E-state index contributed by atoms with van der Waals surface area (Å²) in [7, 11) is 0. The first-order valence-corrected chi connectivity index (χ1v) is 8.34. The van der Waals surface area contributed by atoms with Crippen LogP contribution in [0.1, 0.15) is 26.2 Å². The molecule has 2 aliphatic rings. The molecule has 0 saturated carbocycles. The van der Waals surface area contributed by atoms with E-state index in [9.17, 15) is 4.79 Å². The number of hydrogen-bond donors (Lipinski definition) is 3. The highest BCUT2D eigenvalue weighted by atomic mass is 16.3. The Balaban J connectivity index is 1.95. The molecule has 2 rings (SSSR count). The summed E-state index contributed by atoms with van der Waals surface area (Å²) in [6.07, 6.45) is 2.70. The van der Waals surface area contributed by atoms with Gasteiger partial charge in [-0.3, -0.25) is 15.1 Å². The summed E-state index contributed by atoms with van der Waals surface area (Å²) < 4.78 is 0. The van der Waals surface area contributed by atoms with Crippen LogP contribution >= 0.6 is 0 Å². The number of β-amino-alcohol motifs (C(OH)–C–C–N with tert-alkyl or cyclic N) is 1. The number of rotatable bonds is 7. The fourth-order valence-electron chi connectivity index (χ4n) is 3.08. The molecule has 1 aliphatic carbocycles. The first-order chi connectivity index (χ1) is 11.0. The van der Waals surface area contributed by atoms with Gasteiger partial charge in [0.25, 0.3) is 5.91 Å². The topological polar surface area (TPSA) is 79.7 Å². The van der Waals surface area contributed by atoms with Crippen LogP contribution in [0, 0.1) is 5.41 Å². The maximum atomic E-state index is 12.6. The Morgan fingerprint density at radius 3 is 2.61 bits per heavy atom. The summed E-state index contributed by atoms with van der Waals surface area (Å²) in [6.45, 7) is 10.1. The van der Waals surface area contributed by atoms with Crippen LogP contribution in [0.3, 0.4) is 0 Å². The number of nitrogens with one attached hydrogen (secondary N) is 2. The van der Waals surface area contributed by atoms with Crippen molar-refractivity contribution < 1.29 is 9.90 Å². The smallest absolute Gasteiger partial charge is 0.272 e. The normalized spacial score (nSPS) is 19.1. The molecule has 1 amide bonds. The maximum Gasteiger partial charge on any atom is 0.272 e. The Morgan fingerprint density at radius 2 is 2.00 bits per heavy atom. The van der Waals surface area contributed by atoms with Crippen LogP contribution < -0.4 is 5.32 Å². The van der Waals surface area contributed by atoms with E-state index in [2.05, 4.69) is 16.8 Å². The quantitative estimate of drug-likeness (QED) is 0.478. The first-order valence-electron chi connectivity index (χ1n) is 8.34. The van der Waals surface area contributed by atoms with Gasteiger partial charge in [-0.15, -0.1) is 0 Å². The molecular weight excluding hydrogens is 292 g/mol. The molecule has 0 radical (unpaired) electrons. The zero-order chi connectivity index (χ0) is 16.8. The molecule has 0 bridgehead atoms. The third-order valence-electron chi connectivity index (χ3n) is 4.41. The van der Waals surface area contributed by atoms with E-state index in [4.69, 9.17) is 10.5 Å². The van der Waals surface area contributed by atoms with Gasteiger partial charge in [0.15, 0.2) is 0 Å². The number of nitrogens with zero attached hydrogens (tertiary/aromatic N) is 2. The van der Waals surface area contributed by atoms with Gasteiger partial charge >= 0.3 is 0 Å². The van der Waals surface area contributed by atoms with Gasteiger partial charge in [0, 0.05) is 50.5 Å². The van der Waals surface area contributed by atoms with Crippen molar-refractivity contribution in [1.29, 1.82) is 5.41 Å². The van der Waals surface area contributed by atoms with Crippen molar-refractivity contribution in [3.63, 3.8) is 0 Å². The van der Waals surface area contributed by atoms with Gasteiger partial charge < -0.3 is 15.3 Å². The van der Waals surface area contributed by atoms with Crippen molar-refractivity contribution in [2.24, 2.45) is 0 Å². The predicted molar refractivity (Wildman–Crippen MR) is 91.5 cm³/mol. The average molecular weight is 320 g/mol. The number of aliphatic hydroxyl groups is 1. The van der Waals surface area contributed by atoms with E-state index >= 15 is 0 Å². The van der Waals surface area contributed by atoms with Gasteiger partial charge in [-0.2, -0.15) is 0 Å². The number of carbonyl (C=O) groups is 1. The zero-order valence-electron chi connectivity index (χ0n) is 14.0. The maximum absolute atomic E-state index is 12.6. The van der Waals surface area contributed by atoms with E-state index in [1.54, 1.807) is 4.90 Å². The number of amides is 1. The average Bonchev–Trinajstić information content (AvgIpc) is 3.01. The van der Waals surface area contributed by atoms with Crippen LogP contribution in [0.25, 0.3) is 0 Å². The molecule has 1 aliphatic heterocycles. The number of hydrogen-bond acceptors (Lipinski definition) is 5. The van der Waals surface area contributed by atoms with Gasteiger partial charge in [-0.05, 0) is 26.2 Å². The molecule has 0 aromatic heterocycles. The minimum Gasteiger partial charge on any atom is -0.395 e. The molecule has 6 nitrogen and oxygen atoms in total. The summed E-state index contributed by atoms with van der Waals surface area (Å²) in [6, 6.07) is 0. The lowest BCUT2D eigenvalue weighted by Gasteiger charge is -2.34. The van der Waals surface area contributed by atoms with Crippen LogP contribution in [0.15, 0.2) is 23.4 Å². The largest absolute Gasteiger partial charge is 0.395 e. The number of carbonyl (C=O) groups excluding carboxylic acids is 1. The molecule has 3 N–H and O–H groups in total. The minimum atomic E-state index is -0.167. The minimum absolute atomic E-state index is 0.141. The van der Waals surface area contributed by atoms with E-state index in [1.165, 1.54) is 0 Å². The van der Waals surface area contributed by atoms with Crippen LogP contribution in [0.2, 0.25) is 0 Å². The molecule has 6 heteroatoms. The molecule has 0 spiro atoms. The van der Waals surface area contributed by atoms with E-state index in [-0.39, 0.29) is 18.2 Å². The summed E-state index contributed by atoms with van der Waals surface area (Å²) in [5.74, 6) is -0.167. The lowest BCUT2D eigenvalue weighted by Crippen LogP contribution is -2.51. The van der Waals surface area contributed by atoms with Gasteiger partial charge in [0.1, 0.15) is 5.71 Å². The van der Waals surface area contributed by atoms with Crippen molar-refractivity contribution >= 4 is 11.6 Å². The van der Waals surface area contributed by atoms with Gasteiger partial charge in [0.05, 0.1) is 6.61 Å². The van der Waals surface area contributed by atoms with Crippen molar-refractivity contribution in [3.8, 4) is 0 Å². The van der Waals surface area contributed by atoms with E-state index in [0.717, 1.165) is 49.2 Å². The van der Waals surface area contributed by atoms with Crippen LogP contribution in [-0.2, 0) is 4.79 Å². The Hall–Kier alpha value is -1.66. The second-order valence-electron chi connectivity index (χ2n) is 6.35. The molecule has 0 aromatic rings. The molecular formula is C17H28N4O2. The standard InChI is InChI=1S/C17H28N4O2/c1-13(2)12-19-15-5-3-4-14(15)16(18)17(23)21-8-6-20(7-9-21)10-11-22/h18-19,22H,1,3-12H2,2H3. The van der Waals surface area contributed by atoms with E-state index in [1.807, 2.05) is 6.92 Å². The fraction of sp³-hybridized carbons (Fsp3) is 0.647. The summed E-state index contributed by atoms with van der Waals surface area (Å²) >= 11 is 0. The molecule has 1 heterocycles. The number of allylic oxidation sites excluding steroid dienone is 1. The highest BCUT2D eigenvalue weighted by Crippen LogP contribution is 2.25. The predicted octanol–water partition coefficient (Wildman–Crippen LogP) is 0.746. The lowest BCUT2D eigenvalue weighted by atomic mass is 10.1. The fourth-order valence-corrected chi connectivity index (χ4v) is 3.08.